The first kappa shape index (κ1) is 14.2. The van der Waals surface area contributed by atoms with Crippen molar-refractivity contribution < 1.29 is 39.2 Å². The summed E-state index contributed by atoms with van der Waals surface area (Å²) in [5.74, 6) is 0.357. The van der Waals surface area contributed by atoms with Crippen molar-refractivity contribution in [2.75, 3.05) is 0 Å². The maximum atomic E-state index is 9.95. The quantitative estimate of drug-likeness (QED) is 0.377. The molecule has 0 saturated heterocycles. The standard InChI is InChI=1S/C16H10O.2Fe/c17-14-9-7-12-5-4-10-2-1-3-11-6-8-13(14)16(12)15(10)11;;/h1-9,17H;;. The van der Waals surface area contributed by atoms with E-state index in [1.54, 1.807) is 6.07 Å². The molecule has 96 valence electrons. The molecule has 4 aromatic carbocycles. The van der Waals surface area contributed by atoms with Crippen LogP contribution in [-0.4, -0.2) is 5.11 Å². The van der Waals surface area contributed by atoms with Crippen molar-refractivity contribution in [3.8, 4) is 5.75 Å². The fourth-order valence-electron chi connectivity index (χ4n) is 2.72. The van der Waals surface area contributed by atoms with Gasteiger partial charge in [0.1, 0.15) is 5.75 Å². The third-order valence-electron chi connectivity index (χ3n) is 3.51. The molecule has 0 amide bonds. The summed E-state index contributed by atoms with van der Waals surface area (Å²) in [5.41, 5.74) is 0. The maximum absolute atomic E-state index is 9.95. The van der Waals surface area contributed by atoms with E-state index in [1.807, 2.05) is 12.1 Å². The smallest absolute Gasteiger partial charge is 0.123 e. The third kappa shape index (κ3) is 1.91. The van der Waals surface area contributed by atoms with E-state index in [0.717, 1.165) is 5.39 Å². The van der Waals surface area contributed by atoms with Gasteiger partial charge in [-0.1, -0.05) is 48.5 Å². The molecule has 0 aliphatic carbocycles. The molecule has 1 nitrogen and oxygen atoms in total. The molecule has 19 heavy (non-hydrogen) atoms. The molecule has 0 radical (unpaired) electrons. The summed E-state index contributed by atoms with van der Waals surface area (Å²) in [6, 6.07) is 18.4. The van der Waals surface area contributed by atoms with E-state index >= 15 is 0 Å². The van der Waals surface area contributed by atoms with Crippen molar-refractivity contribution in [1.29, 1.82) is 0 Å². The molecule has 1 N–H and O–H groups in total. The predicted molar refractivity (Wildman–Crippen MR) is 71.8 cm³/mol. The monoisotopic (exact) mass is 330 g/mol. The minimum atomic E-state index is 0. The molecule has 0 fully saturated rings. The molecule has 4 rings (SSSR count). The number of benzene rings is 4. The second-order valence-electron chi connectivity index (χ2n) is 4.44. The van der Waals surface area contributed by atoms with Crippen LogP contribution < -0.4 is 0 Å². The minimum absolute atomic E-state index is 0. The largest absolute Gasteiger partial charge is 0.507 e. The number of hydrogen-bond donors (Lipinski definition) is 1. The van der Waals surface area contributed by atoms with Gasteiger partial charge in [0.15, 0.2) is 0 Å². The van der Waals surface area contributed by atoms with Crippen molar-refractivity contribution in [3.63, 3.8) is 0 Å². The summed E-state index contributed by atoms with van der Waals surface area (Å²) in [4.78, 5) is 0. The van der Waals surface area contributed by atoms with Crippen LogP contribution >= 0.6 is 0 Å². The number of aromatic hydroxyl groups is 1. The van der Waals surface area contributed by atoms with Gasteiger partial charge < -0.3 is 5.11 Å². The van der Waals surface area contributed by atoms with E-state index in [0.29, 0.717) is 5.75 Å². The number of hydrogen-bond acceptors (Lipinski definition) is 1. The van der Waals surface area contributed by atoms with Gasteiger partial charge in [0.05, 0.1) is 0 Å². The van der Waals surface area contributed by atoms with Crippen molar-refractivity contribution in [1.82, 2.24) is 0 Å². The Labute approximate surface area is 131 Å². The number of phenolic OH excluding ortho intramolecular Hbond substituents is 1. The van der Waals surface area contributed by atoms with Gasteiger partial charge in [0.2, 0.25) is 0 Å². The van der Waals surface area contributed by atoms with Crippen LogP contribution in [0.4, 0.5) is 0 Å². The van der Waals surface area contributed by atoms with Gasteiger partial charge >= 0.3 is 0 Å². The molecule has 0 aliphatic rings. The number of rotatable bonds is 0. The summed E-state index contributed by atoms with van der Waals surface area (Å²) in [6.45, 7) is 0. The van der Waals surface area contributed by atoms with Gasteiger partial charge in [0, 0.05) is 44.9 Å². The molecule has 0 atom stereocenters. The molecule has 0 heterocycles. The first-order chi connectivity index (χ1) is 8.34. The van der Waals surface area contributed by atoms with Crippen LogP contribution in [0.25, 0.3) is 32.3 Å². The predicted octanol–water partition coefficient (Wildman–Crippen LogP) is 4.28. The zero-order chi connectivity index (χ0) is 11.4. The van der Waals surface area contributed by atoms with E-state index in [1.165, 1.54) is 26.9 Å². The van der Waals surface area contributed by atoms with Crippen LogP contribution in [0.1, 0.15) is 0 Å². The minimum Gasteiger partial charge on any atom is -0.507 e. The van der Waals surface area contributed by atoms with Crippen molar-refractivity contribution in [2.24, 2.45) is 0 Å². The van der Waals surface area contributed by atoms with Crippen LogP contribution in [0.15, 0.2) is 54.6 Å². The molecule has 0 bridgehead atoms. The fraction of sp³-hybridized carbons (Fsp3) is 0. The molecule has 0 aromatic heterocycles. The summed E-state index contributed by atoms with van der Waals surface area (Å²) in [7, 11) is 0. The van der Waals surface area contributed by atoms with E-state index < -0.39 is 0 Å². The van der Waals surface area contributed by atoms with Crippen molar-refractivity contribution >= 4 is 32.3 Å². The van der Waals surface area contributed by atoms with Gasteiger partial charge in [-0.3, -0.25) is 0 Å². The summed E-state index contributed by atoms with van der Waals surface area (Å²) < 4.78 is 0. The van der Waals surface area contributed by atoms with Gasteiger partial charge in [-0.05, 0) is 27.6 Å². The Balaban J connectivity index is 0.000000667. The Kier molecular flexibility index (Phi) is 3.75. The normalized spacial score (nSPS) is 10.5. The molecule has 4 aromatic rings. The van der Waals surface area contributed by atoms with Gasteiger partial charge in [-0.15, -0.1) is 0 Å². The van der Waals surface area contributed by atoms with Crippen molar-refractivity contribution in [3.05, 3.63) is 54.6 Å². The van der Waals surface area contributed by atoms with Gasteiger partial charge in [-0.25, -0.2) is 0 Å². The van der Waals surface area contributed by atoms with Crippen LogP contribution in [0.3, 0.4) is 0 Å². The molecular weight excluding hydrogens is 320 g/mol. The Morgan fingerprint density at radius 3 is 1.79 bits per heavy atom. The van der Waals surface area contributed by atoms with Crippen LogP contribution in [0, 0.1) is 0 Å². The maximum Gasteiger partial charge on any atom is 0.123 e. The first-order valence-electron chi connectivity index (χ1n) is 5.70. The van der Waals surface area contributed by atoms with E-state index in [-0.39, 0.29) is 34.1 Å². The Morgan fingerprint density at radius 2 is 1.11 bits per heavy atom. The molecule has 0 saturated carbocycles. The zero-order valence-corrected chi connectivity index (χ0v) is 12.1. The zero-order valence-electron chi connectivity index (χ0n) is 9.85. The molecular formula is C16H10Fe2O. The molecule has 0 unspecified atom stereocenters. The van der Waals surface area contributed by atoms with E-state index in [2.05, 4.69) is 36.4 Å². The Hall–Kier alpha value is -1.24. The van der Waals surface area contributed by atoms with Crippen LogP contribution in [0.2, 0.25) is 0 Å². The summed E-state index contributed by atoms with van der Waals surface area (Å²) >= 11 is 0. The van der Waals surface area contributed by atoms with Gasteiger partial charge in [-0.2, -0.15) is 0 Å². The molecule has 0 spiro atoms. The SMILES string of the molecule is Oc1ccc2ccc3cccc4ccc1c2c34.[Fe].[Fe]. The Morgan fingerprint density at radius 1 is 0.579 bits per heavy atom. The average Bonchev–Trinajstić information content (AvgIpc) is 2.38. The topological polar surface area (TPSA) is 20.2 Å². The average molecular weight is 330 g/mol. The van der Waals surface area contributed by atoms with E-state index in [9.17, 15) is 5.11 Å². The van der Waals surface area contributed by atoms with Gasteiger partial charge in [0.25, 0.3) is 0 Å². The molecule has 3 heteroatoms. The first-order valence-corrected chi connectivity index (χ1v) is 5.70. The Bertz CT molecular complexity index is 839. The third-order valence-corrected chi connectivity index (χ3v) is 3.51. The van der Waals surface area contributed by atoms with E-state index in [4.69, 9.17) is 0 Å². The van der Waals surface area contributed by atoms with Crippen LogP contribution in [0.5, 0.6) is 5.75 Å². The summed E-state index contributed by atoms with van der Waals surface area (Å²) in [5, 5.41) is 16.9. The van der Waals surface area contributed by atoms with Crippen molar-refractivity contribution in [2.45, 2.75) is 0 Å². The summed E-state index contributed by atoms with van der Waals surface area (Å²) in [6.07, 6.45) is 0. The van der Waals surface area contributed by atoms with Crippen LogP contribution in [-0.2, 0) is 34.1 Å². The fourth-order valence-corrected chi connectivity index (χ4v) is 2.72. The second kappa shape index (κ2) is 5.03. The second-order valence-corrected chi connectivity index (χ2v) is 4.44. The number of phenols is 1. The molecule has 0 aliphatic heterocycles.